The van der Waals surface area contributed by atoms with Gasteiger partial charge in [0, 0.05) is 16.4 Å². The number of halogens is 1. The van der Waals surface area contributed by atoms with E-state index in [1.54, 1.807) is 16.8 Å². The number of nitrogens with one attached hydrogen (secondary N) is 1. The number of benzene rings is 2. The Bertz CT molecular complexity index is 1570. The molecule has 11 heteroatoms. The molecule has 0 spiro atoms. The van der Waals surface area contributed by atoms with Crippen LogP contribution in [0.2, 0.25) is 5.02 Å². The van der Waals surface area contributed by atoms with Gasteiger partial charge in [0.2, 0.25) is 0 Å². The average molecular weight is 522 g/mol. The van der Waals surface area contributed by atoms with Gasteiger partial charge in [-0.25, -0.2) is 4.68 Å². The van der Waals surface area contributed by atoms with Crippen molar-refractivity contribution >= 4 is 46.9 Å². The van der Waals surface area contributed by atoms with Crippen molar-refractivity contribution in [3.8, 4) is 11.4 Å². The summed E-state index contributed by atoms with van der Waals surface area (Å²) >= 11 is 12.9. The Labute approximate surface area is 215 Å². The molecule has 3 heterocycles. The lowest BCUT2D eigenvalue weighted by Gasteiger charge is -2.12. The first-order valence-electron chi connectivity index (χ1n) is 10.7. The van der Waals surface area contributed by atoms with E-state index in [-0.39, 0.29) is 5.91 Å². The quantitative estimate of drug-likeness (QED) is 0.292. The number of hydrogen-bond acceptors (Lipinski definition) is 7. The van der Waals surface area contributed by atoms with E-state index < -0.39 is 0 Å². The number of hydrogen-bond donors (Lipinski definition) is 1. The maximum atomic E-state index is 13.5. The molecule has 0 atom stereocenters. The molecule has 0 radical (unpaired) electrons. The third-order valence-electron chi connectivity index (χ3n) is 5.29. The number of carbonyl (C=O) groups is 1. The molecule has 0 aliphatic rings. The van der Waals surface area contributed by atoms with Gasteiger partial charge in [-0.3, -0.25) is 9.36 Å². The van der Waals surface area contributed by atoms with E-state index in [0.29, 0.717) is 31.9 Å². The topological polar surface area (TPSA) is 82.6 Å². The molecule has 0 fully saturated rings. The second kappa shape index (κ2) is 9.57. The van der Waals surface area contributed by atoms with Crippen molar-refractivity contribution in [1.82, 2.24) is 29.3 Å². The first-order valence-corrected chi connectivity index (χ1v) is 12.3. The van der Waals surface area contributed by atoms with Crippen LogP contribution in [0, 0.1) is 17.8 Å². The number of para-hydroxylation sites is 1. The van der Waals surface area contributed by atoms with Crippen LogP contribution in [0.15, 0.2) is 66.9 Å². The minimum atomic E-state index is -0.242. The van der Waals surface area contributed by atoms with Gasteiger partial charge in [-0.05, 0) is 68.5 Å². The van der Waals surface area contributed by atoms with Crippen LogP contribution in [0.25, 0.3) is 11.4 Å². The second-order valence-corrected chi connectivity index (χ2v) is 9.93. The van der Waals surface area contributed by atoms with Gasteiger partial charge in [-0.2, -0.15) is 9.78 Å². The molecular formula is C24H20ClN7OS2. The Kier molecular flexibility index (Phi) is 6.33. The summed E-state index contributed by atoms with van der Waals surface area (Å²) in [5, 5.41) is 16.9. The van der Waals surface area contributed by atoms with Gasteiger partial charge in [0.25, 0.3) is 5.91 Å². The van der Waals surface area contributed by atoms with Crippen molar-refractivity contribution in [2.24, 2.45) is 0 Å². The van der Waals surface area contributed by atoms with Crippen LogP contribution in [0.1, 0.15) is 26.8 Å². The third kappa shape index (κ3) is 4.68. The summed E-state index contributed by atoms with van der Waals surface area (Å²) in [5.74, 6) is 0.346. The smallest absolute Gasteiger partial charge is 0.292 e. The molecule has 5 aromatic rings. The lowest BCUT2D eigenvalue weighted by molar-refractivity contribution is 0.0947. The number of rotatable bonds is 6. The van der Waals surface area contributed by atoms with Crippen LogP contribution in [0.3, 0.4) is 0 Å². The summed E-state index contributed by atoms with van der Waals surface area (Å²) in [5.41, 5.74) is 3.93. The molecule has 0 aliphatic heterocycles. The number of thiazole rings is 1. The fraction of sp³-hybridized carbons (Fsp3) is 0.125. The van der Waals surface area contributed by atoms with E-state index >= 15 is 0 Å². The number of aromatic nitrogens is 6. The van der Waals surface area contributed by atoms with Gasteiger partial charge in [0.1, 0.15) is 16.4 Å². The molecule has 0 amide bonds. The molecule has 1 N–H and O–H groups in total. The molecule has 0 unspecified atom stereocenters. The van der Waals surface area contributed by atoms with E-state index in [1.807, 2.05) is 73.1 Å². The highest BCUT2D eigenvalue weighted by atomic mass is 35.5. The molecule has 5 rings (SSSR count). The van der Waals surface area contributed by atoms with Gasteiger partial charge >= 0.3 is 0 Å². The zero-order chi connectivity index (χ0) is 24.5. The maximum Gasteiger partial charge on any atom is 0.292 e. The van der Waals surface area contributed by atoms with Crippen LogP contribution in [0.5, 0.6) is 0 Å². The highest BCUT2D eigenvalue weighted by Gasteiger charge is 2.23. The molecule has 3 aromatic heterocycles. The van der Waals surface area contributed by atoms with Crippen molar-refractivity contribution in [2.45, 2.75) is 20.4 Å². The molecule has 176 valence electrons. The minimum Gasteiger partial charge on any atom is -0.364 e. The Morgan fingerprint density at radius 3 is 2.51 bits per heavy atom. The molecule has 0 bridgehead atoms. The molecule has 2 aromatic carbocycles. The van der Waals surface area contributed by atoms with E-state index in [4.69, 9.17) is 23.8 Å². The normalized spacial score (nSPS) is 11.1. The van der Waals surface area contributed by atoms with Crippen molar-refractivity contribution in [3.05, 3.63) is 97.8 Å². The Morgan fingerprint density at radius 1 is 1.09 bits per heavy atom. The van der Waals surface area contributed by atoms with Gasteiger partial charge in [0.15, 0.2) is 3.95 Å². The highest BCUT2D eigenvalue weighted by Crippen LogP contribution is 2.30. The van der Waals surface area contributed by atoms with Crippen LogP contribution in [0.4, 0.5) is 5.82 Å². The fourth-order valence-electron chi connectivity index (χ4n) is 3.69. The molecule has 35 heavy (non-hydrogen) atoms. The summed E-state index contributed by atoms with van der Waals surface area (Å²) in [6.07, 6.45) is 1.83. The zero-order valence-corrected chi connectivity index (χ0v) is 21.2. The summed E-state index contributed by atoms with van der Waals surface area (Å²) < 4.78 is 5.50. The van der Waals surface area contributed by atoms with Gasteiger partial charge in [-0.15, -0.1) is 5.10 Å². The van der Waals surface area contributed by atoms with Crippen LogP contribution >= 0.6 is 35.2 Å². The summed E-state index contributed by atoms with van der Waals surface area (Å²) in [6.45, 7) is 4.05. The monoisotopic (exact) mass is 521 g/mol. The van der Waals surface area contributed by atoms with Crippen LogP contribution < -0.4 is 5.32 Å². The largest absolute Gasteiger partial charge is 0.364 e. The number of carbonyl (C=O) groups excluding carboxylic acids is 1. The van der Waals surface area contributed by atoms with Crippen molar-refractivity contribution in [1.29, 1.82) is 0 Å². The lowest BCUT2D eigenvalue weighted by atomic mass is 10.3. The third-order valence-corrected chi connectivity index (χ3v) is 6.90. The van der Waals surface area contributed by atoms with Crippen LogP contribution in [-0.4, -0.2) is 35.2 Å². The van der Waals surface area contributed by atoms with Gasteiger partial charge in [-0.1, -0.05) is 46.4 Å². The minimum absolute atomic E-state index is 0.242. The average Bonchev–Trinajstić information content (AvgIpc) is 3.55. The summed E-state index contributed by atoms with van der Waals surface area (Å²) in [7, 11) is 0. The van der Waals surface area contributed by atoms with Crippen molar-refractivity contribution in [2.75, 3.05) is 5.32 Å². The Morgan fingerprint density at radius 2 is 1.83 bits per heavy atom. The fourth-order valence-corrected chi connectivity index (χ4v) is 5.16. The molecule has 0 aliphatic carbocycles. The second-order valence-electron chi connectivity index (χ2n) is 7.85. The summed E-state index contributed by atoms with van der Waals surface area (Å²) in [6, 6.07) is 18.9. The predicted molar refractivity (Wildman–Crippen MR) is 140 cm³/mol. The van der Waals surface area contributed by atoms with E-state index in [0.717, 1.165) is 22.8 Å². The standard InChI is InChI=1S/C24H20ClN7OS2/c1-15-12-16(2)32(28-15)23(33)21-22(31(24(34)35-21)20-6-4-3-5-7-20)26-13-18-14-30(29-27-18)19-10-8-17(25)9-11-19/h3-12,14,26H,13H2,1-2H3. The SMILES string of the molecule is Cc1cc(C)n(C(=O)c2sc(=S)n(-c3ccccc3)c2NCc2cn(-c3ccc(Cl)cc3)nn2)n1. The van der Waals surface area contributed by atoms with E-state index in [9.17, 15) is 4.79 Å². The van der Waals surface area contributed by atoms with Crippen LogP contribution in [-0.2, 0) is 6.54 Å². The molecular weight excluding hydrogens is 502 g/mol. The van der Waals surface area contributed by atoms with Gasteiger partial charge in [0.05, 0.1) is 24.1 Å². The summed E-state index contributed by atoms with van der Waals surface area (Å²) in [4.78, 5) is 14.0. The molecule has 0 saturated carbocycles. The highest BCUT2D eigenvalue weighted by molar-refractivity contribution is 7.73. The van der Waals surface area contributed by atoms with E-state index in [2.05, 4.69) is 20.7 Å². The van der Waals surface area contributed by atoms with E-state index in [1.165, 1.54) is 16.0 Å². The van der Waals surface area contributed by atoms with Crippen molar-refractivity contribution < 1.29 is 4.79 Å². The first-order chi connectivity index (χ1) is 16.9. The zero-order valence-electron chi connectivity index (χ0n) is 18.8. The number of anilines is 1. The van der Waals surface area contributed by atoms with Gasteiger partial charge < -0.3 is 5.32 Å². The lowest BCUT2D eigenvalue weighted by Crippen LogP contribution is -2.17. The molecule has 8 nitrogen and oxygen atoms in total. The maximum absolute atomic E-state index is 13.5. The van der Waals surface area contributed by atoms with Crippen molar-refractivity contribution in [3.63, 3.8) is 0 Å². The molecule has 0 saturated heterocycles. The number of nitrogens with zero attached hydrogens (tertiary/aromatic N) is 6. The Balaban J connectivity index is 1.51. The first kappa shape index (κ1) is 23.2. The Hall–Kier alpha value is -3.60. The predicted octanol–water partition coefficient (Wildman–Crippen LogP) is 5.62. The number of aryl methyl sites for hydroxylation is 2.